The number of nitrogen functional groups attached to an aromatic ring is 1. The molecule has 0 spiro atoms. The Morgan fingerprint density at radius 1 is 0.524 bits per heavy atom. The van der Waals surface area contributed by atoms with Crippen molar-refractivity contribution in [3.63, 3.8) is 0 Å². The normalized spacial score (nSPS) is 14.9. The van der Waals surface area contributed by atoms with Crippen molar-refractivity contribution in [2.24, 2.45) is 0 Å². The Bertz CT molecular complexity index is 1910. The summed E-state index contributed by atoms with van der Waals surface area (Å²) in [7, 11) is 2.20. The number of fused-ring (bicyclic) bond motifs is 1. The van der Waals surface area contributed by atoms with E-state index in [4.69, 9.17) is 5.73 Å². The van der Waals surface area contributed by atoms with E-state index in [0.717, 1.165) is 5.69 Å². The van der Waals surface area contributed by atoms with E-state index < -0.39 is 0 Å². The number of hydrogen-bond acceptors (Lipinski definition) is 2. The van der Waals surface area contributed by atoms with Crippen molar-refractivity contribution in [2.75, 3.05) is 12.8 Å². The van der Waals surface area contributed by atoms with E-state index in [9.17, 15) is 0 Å². The summed E-state index contributed by atoms with van der Waals surface area (Å²) in [4.78, 5) is 2.39. The predicted octanol–water partition coefficient (Wildman–Crippen LogP) is 9.87. The molecule has 202 valence electrons. The van der Waals surface area contributed by atoms with Crippen LogP contribution in [0.4, 0.5) is 5.69 Å². The summed E-state index contributed by atoms with van der Waals surface area (Å²) < 4.78 is 0. The van der Waals surface area contributed by atoms with Gasteiger partial charge in [-0.25, -0.2) is 0 Å². The van der Waals surface area contributed by atoms with Crippen LogP contribution in [0.5, 0.6) is 0 Å². The number of hydrogen-bond donors (Lipinski definition) is 1. The molecule has 0 bridgehead atoms. The van der Waals surface area contributed by atoms with Crippen molar-refractivity contribution in [3.8, 4) is 22.3 Å². The maximum Gasteiger partial charge on any atom is 0.0732 e. The summed E-state index contributed by atoms with van der Waals surface area (Å²) in [5.74, 6) is 0. The van der Waals surface area contributed by atoms with E-state index in [0.29, 0.717) is 0 Å². The van der Waals surface area contributed by atoms with Gasteiger partial charge in [-0.15, -0.1) is 0 Å². The number of allylic oxidation sites excluding steroid dienone is 2. The number of nitrogens with zero attached hydrogens (tertiary/aromatic N) is 1. The fourth-order valence-corrected chi connectivity index (χ4v) is 5.99. The smallest absolute Gasteiger partial charge is 0.0732 e. The highest BCUT2D eigenvalue weighted by atomic mass is 15.1. The van der Waals surface area contributed by atoms with E-state index in [1.54, 1.807) is 0 Å². The van der Waals surface area contributed by atoms with Crippen LogP contribution < -0.4 is 5.73 Å². The van der Waals surface area contributed by atoms with Gasteiger partial charge in [0, 0.05) is 18.4 Å². The molecular formula is C40H32N2. The van der Waals surface area contributed by atoms with Gasteiger partial charge >= 0.3 is 0 Å². The van der Waals surface area contributed by atoms with Crippen molar-refractivity contribution in [2.45, 2.75) is 6.04 Å². The maximum atomic E-state index is 5.91. The molecule has 1 unspecified atom stereocenters. The molecule has 7 rings (SSSR count). The molecule has 2 nitrogen and oxygen atoms in total. The highest BCUT2D eigenvalue weighted by Gasteiger charge is 2.24. The average molecular weight is 541 g/mol. The maximum absolute atomic E-state index is 5.91. The molecule has 0 amide bonds. The lowest BCUT2D eigenvalue weighted by Gasteiger charge is -2.35. The molecule has 6 aromatic rings. The highest BCUT2D eigenvalue weighted by molar-refractivity contribution is 5.97. The number of rotatable bonds is 5. The van der Waals surface area contributed by atoms with Gasteiger partial charge in [0.15, 0.2) is 0 Å². The van der Waals surface area contributed by atoms with Gasteiger partial charge in [-0.05, 0) is 79.6 Å². The fourth-order valence-electron chi connectivity index (χ4n) is 5.99. The Labute approximate surface area is 247 Å². The van der Waals surface area contributed by atoms with E-state index in [1.807, 2.05) is 12.1 Å². The summed E-state index contributed by atoms with van der Waals surface area (Å²) in [6.07, 6.45) is 4.70. The second-order valence-electron chi connectivity index (χ2n) is 10.9. The molecule has 0 saturated heterocycles. The van der Waals surface area contributed by atoms with Gasteiger partial charge in [0.25, 0.3) is 0 Å². The Morgan fingerprint density at radius 3 is 1.86 bits per heavy atom. The third kappa shape index (κ3) is 4.88. The van der Waals surface area contributed by atoms with Crippen molar-refractivity contribution < 1.29 is 0 Å². The molecule has 1 atom stereocenters. The van der Waals surface area contributed by atoms with Crippen LogP contribution in [0.1, 0.15) is 22.7 Å². The third-order valence-corrected chi connectivity index (χ3v) is 8.31. The molecule has 2 heteroatoms. The van der Waals surface area contributed by atoms with Gasteiger partial charge in [-0.2, -0.15) is 0 Å². The van der Waals surface area contributed by atoms with Crippen molar-refractivity contribution >= 4 is 27.7 Å². The minimum absolute atomic E-state index is 0.0958. The second-order valence-corrected chi connectivity index (χ2v) is 10.9. The molecule has 0 saturated carbocycles. The molecule has 0 aliphatic carbocycles. The molecule has 1 aliphatic heterocycles. The van der Waals surface area contributed by atoms with Crippen molar-refractivity contribution in [3.05, 3.63) is 174 Å². The quantitative estimate of drug-likeness (QED) is 0.221. The minimum atomic E-state index is 0.0958. The molecule has 0 fully saturated rings. The third-order valence-electron chi connectivity index (χ3n) is 8.31. The summed E-state index contributed by atoms with van der Waals surface area (Å²) in [6, 6.07) is 51.9. The predicted molar refractivity (Wildman–Crippen MR) is 179 cm³/mol. The van der Waals surface area contributed by atoms with Crippen LogP contribution in [-0.2, 0) is 0 Å². The van der Waals surface area contributed by atoms with Gasteiger partial charge in [0.2, 0.25) is 0 Å². The van der Waals surface area contributed by atoms with E-state index >= 15 is 0 Å². The lowest BCUT2D eigenvalue weighted by Crippen LogP contribution is -2.24. The van der Waals surface area contributed by atoms with Crippen molar-refractivity contribution in [1.29, 1.82) is 0 Å². The van der Waals surface area contributed by atoms with E-state index in [1.165, 1.54) is 61.0 Å². The van der Waals surface area contributed by atoms with Crippen LogP contribution in [0, 0.1) is 0 Å². The molecule has 2 N–H and O–H groups in total. The van der Waals surface area contributed by atoms with Gasteiger partial charge in [0.1, 0.15) is 0 Å². The van der Waals surface area contributed by atoms with Gasteiger partial charge in [-0.1, -0.05) is 133 Å². The topological polar surface area (TPSA) is 29.3 Å². The van der Waals surface area contributed by atoms with Crippen LogP contribution >= 0.6 is 0 Å². The summed E-state index contributed by atoms with van der Waals surface area (Å²) in [5.41, 5.74) is 17.6. The standard InChI is InChI=1S/C40H32N2/c1-42-39(33-18-14-29(15-19-33)30-22-24-36(41)25-23-30)26-35(28-8-3-2-4-9-28)27-40(42)34-20-16-32(17-21-34)38-13-7-11-31-10-5-6-12-37(31)38/h2-27,39H,41H2,1H3. The minimum Gasteiger partial charge on any atom is -0.399 e. The summed E-state index contributed by atoms with van der Waals surface area (Å²) in [6.45, 7) is 0. The number of nitrogens with two attached hydrogens (primary N) is 1. The van der Waals surface area contributed by atoms with Crippen molar-refractivity contribution in [1.82, 2.24) is 4.90 Å². The second kappa shape index (κ2) is 10.9. The molecule has 1 heterocycles. The van der Waals surface area contributed by atoms with E-state index in [2.05, 4.69) is 158 Å². The first kappa shape index (κ1) is 25.6. The number of anilines is 1. The molecule has 42 heavy (non-hydrogen) atoms. The highest BCUT2D eigenvalue weighted by Crippen LogP contribution is 2.39. The Morgan fingerprint density at radius 2 is 1.12 bits per heavy atom. The van der Waals surface area contributed by atoms with Gasteiger partial charge in [-0.3, -0.25) is 0 Å². The Kier molecular flexibility index (Phi) is 6.65. The first-order valence-electron chi connectivity index (χ1n) is 14.4. The Hall–Kier alpha value is -5.34. The lowest BCUT2D eigenvalue weighted by atomic mass is 9.90. The summed E-state index contributed by atoms with van der Waals surface area (Å²) in [5, 5.41) is 2.54. The number of benzene rings is 6. The zero-order chi connectivity index (χ0) is 28.5. The zero-order valence-electron chi connectivity index (χ0n) is 23.6. The first-order valence-corrected chi connectivity index (χ1v) is 14.4. The average Bonchev–Trinajstić information content (AvgIpc) is 3.06. The zero-order valence-corrected chi connectivity index (χ0v) is 23.6. The van der Waals surface area contributed by atoms with Crippen LogP contribution in [0.3, 0.4) is 0 Å². The van der Waals surface area contributed by atoms with Crippen LogP contribution in [-0.4, -0.2) is 11.9 Å². The van der Waals surface area contributed by atoms with Crippen LogP contribution in [0.15, 0.2) is 158 Å². The number of likely N-dealkylation sites (N-methyl/N-ethyl adjacent to an activating group) is 1. The Balaban J connectivity index is 1.25. The molecule has 1 aliphatic rings. The molecule has 0 aromatic heterocycles. The monoisotopic (exact) mass is 540 g/mol. The molecule has 0 radical (unpaired) electrons. The summed E-state index contributed by atoms with van der Waals surface area (Å²) >= 11 is 0. The molecule has 6 aromatic carbocycles. The molecular weight excluding hydrogens is 508 g/mol. The fraction of sp³-hybridized carbons (Fsp3) is 0.0500. The van der Waals surface area contributed by atoms with Crippen LogP contribution in [0.25, 0.3) is 44.3 Å². The van der Waals surface area contributed by atoms with Gasteiger partial charge < -0.3 is 10.6 Å². The first-order chi connectivity index (χ1) is 20.6. The largest absolute Gasteiger partial charge is 0.399 e. The van der Waals surface area contributed by atoms with E-state index in [-0.39, 0.29) is 6.04 Å². The van der Waals surface area contributed by atoms with Crippen LogP contribution in [0.2, 0.25) is 0 Å². The SMILES string of the molecule is CN1C(c2ccc(-c3cccc4ccccc34)cc2)=CC(c2ccccc2)=CC1c1ccc(-c2ccc(N)cc2)cc1. The van der Waals surface area contributed by atoms with Gasteiger partial charge in [0.05, 0.1) is 6.04 Å². The lowest BCUT2D eigenvalue weighted by molar-refractivity contribution is 0.413.